The summed E-state index contributed by atoms with van der Waals surface area (Å²) in [5.41, 5.74) is 2.72. The van der Waals surface area contributed by atoms with Gasteiger partial charge in [-0.25, -0.2) is 4.98 Å². The summed E-state index contributed by atoms with van der Waals surface area (Å²) < 4.78 is 0. The minimum Gasteiger partial charge on any atom is -0.310 e. The lowest BCUT2D eigenvalue weighted by atomic mass is 9.93. The van der Waals surface area contributed by atoms with Crippen LogP contribution in [0.5, 0.6) is 0 Å². The third-order valence-electron chi connectivity index (χ3n) is 3.03. The molecule has 0 fully saturated rings. The summed E-state index contributed by atoms with van der Waals surface area (Å²) in [6.45, 7) is 8.47. The molecule has 1 aromatic carbocycles. The maximum absolute atomic E-state index is 4.68. The molecule has 1 aromatic heterocycles. The fraction of sp³-hybridized carbons (Fsp3) is 0.438. The first-order valence-electron chi connectivity index (χ1n) is 6.75. The Morgan fingerprint density at radius 3 is 2.53 bits per heavy atom. The van der Waals surface area contributed by atoms with Crippen LogP contribution < -0.4 is 5.32 Å². The number of nitrogens with zero attached hydrogens (tertiary/aromatic N) is 1. The SMILES string of the molecule is CC(C)(C)c1csc(CNCCc2ccccc2)n1. The standard InChI is InChI=1S/C16H22N2S/c1-16(2,3)14-12-19-15(18-14)11-17-10-9-13-7-5-4-6-8-13/h4-8,12,17H,9-11H2,1-3H3. The Morgan fingerprint density at radius 2 is 1.89 bits per heavy atom. The van der Waals surface area contributed by atoms with Crippen molar-refractivity contribution in [3.8, 4) is 0 Å². The Hall–Kier alpha value is -1.19. The summed E-state index contributed by atoms with van der Waals surface area (Å²) in [5.74, 6) is 0. The lowest BCUT2D eigenvalue weighted by Crippen LogP contribution is -2.17. The van der Waals surface area contributed by atoms with Gasteiger partial charge in [0, 0.05) is 17.3 Å². The van der Waals surface area contributed by atoms with Gasteiger partial charge in [-0.15, -0.1) is 11.3 Å². The molecule has 0 amide bonds. The maximum Gasteiger partial charge on any atom is 0.107 e. The molecule has 1 N–H and O–H groups in total. The topological polar surface area (TPSA) is 24.9 Å². The lowest BCUT2D eigenvalue weighted by molar-refractivity contribution is 0.568. The summed E-state index contributed by atoms with van der Waals surface area (Å²) in [4.78, 5) is 4.68. The zero-order chi connectivity index (χ0) is 13.7. The molecule has 0 atom stereocenters. The molecule has 0 aliphatic heterocycles. The van der Waals surface area contributed by atoms with Crippen LogP contribution in [0.3, 0.4) is 0 Å². The van der Waals surface area contributed by atoms with Gasteiger partial charge in [0.1, 0.15) is 5.01 Å². The van der Waals surface area contributed by atoms with E-state index in [0.29, 0.717) is 0 Å². The molecule has 0 saturated carbocycles. The Balaban J connectivity index is 1.76. The Bertz CT molecular complexity index is 497. The van der Waals surface area contributed by atoms with E-state index in [1.165, 1.54) is 16.3 Å². The van der Waals surface area contributed by atoms with Gasteiger partial charge >= 0.3 is 0 Å². The van der Waals surface area contributed by atoms with Crippen LogP contribution in [-0.2, 0) is 18.4 Å². The van der Waals surface area contributed by atoms with E-state index < -0.39 is 0 Å². The first kappa shape index (κ1) is 14.2. The number of thiazole rings is 1. The van der Waals surface area contributed by atoms with Crippen LogP contribution in [-0.4, -0.2) is 11.5 Å². The van der Waals surface area contributed by atoms with E-state index in [4.69, 9.17) is 0 Å². The highest BCUT2D eigenvalue weighted by atomic mass is 32.1. The second-order valence-corrected chi connectivity index (χ2v) is 6.73. The number of benzene rings is 1. The van der Waals surface area contributed by atoms with Crippen LogP contribution in [0, 0.1) is 0 Å². The molecule has 102 valence electrons. The van der Waals surface area contributed by atoms with Gasteiger partial charge in [0.05, 0.1) is 5.69 Å². The van der Waals surface area contributed by atoms with Gasteiger partial charge in [0.2, 0.25) is 0 Å². The first-order chi connectivity index (χ1) is 9.05. The molecule has 0 spiro atoms. The molecule has 0 bridgehead atoms. The fourth-order valence-corrected chi connectivity index (χ4v) is 2.80. The third kappa shape index (κ3) is 4.44. The number of nitrogens with one attached hydrogen (secondary N) is 1. The van der Waals surface area contributed by atoms with E-state index in [-0.39, 0.29) is 5.41 Å². The van der Waals surface area contributed by atoms with Crippen LogP contribution in [0.2, 0.25) is 0 Å². The fourth-order valence-electron chi connectivity index (χ4n) is 1.81. The Morgan fingerprint density at radius 1 is 1.16 bits per heavy atom. The van der Waals surface area contributed by atoms with Gasteiger partial charge in [0.25, 0.3) is 0 Å². The molecule has 2 nitrogen and oxygen atoms in total. The van der Waals surface area contributed by atoms with Gasteiger partial charge in [-0.05, 0) is 18.5 Å². The second kappa shape index (κ2) is 6.31. The molecular weight excluding hydrogens is 252 g/mol. The first-order valence-corrected chi connectivity index (χ1v) is 7.63. The van der Waals surface area contributed by atoms with Gasteiger partial charge < -0.3 is 5.32 Å². The Labute approximate surface area is 119 Å². The van der Waals surface area contributed by atoms with Gasteiger partial charge in [-0.2, -0.15) is 0 Å². The van der Waals surface area contributed by atoms with Crippen LogP contribution in [0.1, 0.15) is 37.0 Å². The van der Waals surface area contributed by atoms with E-state index in [0.717, 1.165) is 19.5 Å². The number of hydrogen-bond acceptors (Lipinski definition) is 3. The second-order valence-electron chi connectivity index (χ2n) is 5.79. The van der Waals surface area contributed by atoms with Crippen LogP contribution in [0.15, 0.2) is 35.7 Å². The molecule has 0 unspecified atom stereocenters. The summed E-state index contributed by atoms with van der Waals surface area (Å²) in [5, 5.41) is 6.82. The quantitative estimate of drug-likeness (QED) is 0.839. The van der Waals surface area contributed by atoms with Gasteiger partial charge in [-0.3, -0.25) is 0 Å². The molecule has 0 saturated heterocycles. The molecule has 0 aliphatic carbocycles. The van der Waals surface area contributed by atoms with E-state index in [1.54, 1.807) is 11.3 Å². The maximum atomic E-state index is 4.68. The summed E-state index contributed by atoms with van der Waals surface area (Å²) in [7, 11) is 0. The molecule has 3 heteroatoms. The van der Waals surface area contributed by atoms with E-state index in [2.05, 4.69) is 66.8 Å². The van der Waals surface area contributed by atoms with Crippen LogP contribution in [0.4, 0.5) is 0 Å². The highest BCUT2D eigenvalue weighted by Gasteiger charge is 2.16. The van der Waals surface area contributed by atoms with Crippen molar-refractivity contribution in [3.05, 3.63) is 52.0 Å². The normalized spacial score (nSPS) is 11.7. The van der Waals surface area contributed by atoms with E-state index in [1.807, 2.05) is 0 Å². The average Bonchev–Trinajstić information content (AvgIpc) is 2.85. The van der Waals surface area contributed by atoms with Crippen molar-refractivity contribution in [2.75, 3.05) is 6.54 Å². The van der Waals surface area contributed by atoms with Crippen molar-refractivity contribution in [1.29, 1.82) is 0 Å². The zero-order valence-electron chi connectivity index (χ0n) is 11.9. The molecule has 2 aromatic rings. The van der Waals surface area contributed by atoms with E-state index >= 15 is 0 Å². The van der Waals surface area contributed by atoms with Crippen molar-refractivity contribution in [3.63, 3.8) is 0 Å². The molecule has 2 rings (SSSR count). The Kier molecular flexibility index (Phi) is 4.72. The average molecular weight is 274 g/mol. The van der Waals surface area contributed by atoms with Crippen molar-refractivity contribution in [2.45, 2.75) is 39.2 Å². The van der Waals surface area contributed by atoms with Crippen molar-refractivity contribution < 1.29 is 0 Å². The van der Waals surface area contributed by atoms with Crippen molar-refractivity contribution in [1.82, 2.24) is 10.3 Å². The molecule has 0 aliphatic rings. The molecule has 0 radical (unpaired) electrons. The van der Waals surface area contributed by atoms with Gasteiger partial charge in [-0.1, -0.05) is 51.1 Å². The molecule has 1 heterocycles. The molecule has 19 heavy (non-hydrogen) atoms. The number of rotatable bonds is 5. The van der Waals surface area contributed by atoms with Crippen LogP contribution in [0.25, 0.3) is 0 Å². The minimum atomic E-state index is 0.152. The van der Waals surface area contributed by atoms with Crippen LogP contribution >= 0.6 is 11.3 Å². The largest absolute Gasteiger partial charge is 0.310 e. The minimum absolute atomic E-state index is 0.152. The van der Waals surface area contributed by atoms with E-state index in [9.17, 15) is 0 Å². The molecular formula is C16H22N2S. The smallest absolute Gasteiger partial charge is 0.107 e. The highest BCUT2D eigenvalue weighted by molar-refractivity contribution is 7.09. The van der Waals surface area contributed by atoms with Crippen molar-refractivity contribution >= 4 is 11.3 Å². The predicted octanol–water partition coefficient (Wildman–Crippen LogP) is 3.77. The van der Waals surface area contributed by atoms with Gasteiger partial charge in [0.15, 0.2) is 0 Å². The highest BCUT2D eigenvalue weighted by Crippen LogP contribution is 2.23. The number of hydrogen-bond donors (Lipinski definition) is 1. The predicted molar refractivity (Wildman–Crippen MR) is 82.7 cm³/mol. The summed E-state index contributed by atoms with van der Waals surface area (Å²) >= 11 is 1.75. The summed E-state index contributed by atoms with van der Waals surface area (Å²) in [6.07, 6.45) is 1.07. The zero-order valence-corrected chi connectivity index (χ0v) is 12.8. The lowest BCUT2D eigenvalue weighted by Gasteiger charge is -2.14. The summed E-state index contributed by atoms with van der Waals surface area (Å²) in [6, 6.07) is 10.6. The monoisotopic (exact) mass is 274 g/mol. The van der Waals surface area contributed by atoms with Crippen molar-refractivity contribution in [2.24, 2.45) is 0 Å². The number of aromatic nitrogens is 1. The third-order valence-corrected chi connectivity index (χ3v) is 3.88.